The number of hydrogen-bond acceptors (Lipinski definition) is 6. The Labute approximate surface area is 238 Å². The Morgan fingerprint density at radius 3 is 2.33 bits per heavy atom. The second-order valence-electron chi connectivity index (χ2n) is 8.50. The Kier molecular flexibility index (Phi) is 9.37. The Balaban J connectivity index is 1.65. The van der Waals surface area contributed by atoms with E-state index in [0.717, 1.165) is 16.6 Å². The molecule has 0 aliphatic carbocycles. The number of amides is 2. The van der Waals surface area contributed by atoms with E-state index in [9.17, 15) is 19.1 Å². The molecule has 4 aromatic rings. The summed E-state index contributed by atoms with van der Waals surface area (Å²) in [7, 11) is 0. The van der Waals surface area contributed by atoms with Crippen LogP contribution in [0.5, 0.6) is 11.5 Å². The van der Waals surface area contributed by atoms with Crippen LogP contribution in [0, 0.1) is 5.82 Å². The highest BCUT2D eigenvalue weighted by molar-refractivity contribution is 9.10. The monoisotopic (exact) mass is 605 g/mol. The van der Waals surface area contributed by atoms with Crippen LogP contribution >= 0.6 is 15.9 Å². The molecule has 0 fully saturated rings. The highest BCUT2D eigenvalue weighted by atomic mass is 79.9. The summed E-state index contributed by atoms with van der Waals surface area (Å²) in [6.45, 7) is 0. The summed E-state index contributed by atoms with van der Waals surface area (Å²) in [6.07, 6.45) is -0.585. The predicted octanol–water partition coefficient (Wildman–Crippen LogP) is 6.81. The minimum absolute atomic E-state index is 0.180. The molecule has 5 N–H and O–H groups in total. The number of nitrogens with two attached hydrogens (primary N) is 1. The quantitative estimate of drug-likeness (QED) is 0.123. The number of carbonyl (C=O) groups is 2. The van der Waals surface area contributed by atoms with Crippen molar-refractivity contribution >= 4 is 45.0 Å². The van der Waals surface area contributed by atoms with Crippen LogP contribution in [0.15, 0.2) is 114 Å². The maximum absolute atomic E-state index is 14.4. The van der Waals surface area contributed by atoms with Crippen molar-refractivity contribution in [2.24, 2.45) is 0 Å². The zero-order chi connectivity index (χ0) is 28.5. The third-order valence-electron chi connectivity index (χ3n) is 5.59. The second kappa shape index (κ2) is 13.3. The summed E-state index contributed by atoms with van der Waals surface area (Å²) in [5, 5.41) is 15.0. The molecule has 0 saturated carbocycles. The van der Waals surface area contributed by atoms with Crippen molar-refractivity contribution in [2.45, 2.75) is 12.2 Å². The molecule has 0 spiro atoms. The standard InChI is InChI=1S/C30H25BrFN3O5/c31-20-11-13-21(14-12-20)34-30(38)40-29(19-10-15-26(36)23(32)18-19)27(39-22-6-2-1-3-7-22)16-17-28(37)35-25-9-5-4-8-24(25)33/h1-18,27,29,36H,33H2,(H,34,38)(H,35,37)/b17-16+/t27-,29-/m1/s1. The van der Waals surface area contributed by atoms with E-state index in [1.807, 2.05) is 0 Å². The molecule has 2 amide bonds. The number of rotatable bonds is 9. The Bertz CT molecular complexity index is 1500. The van der Waals surface area contributed by atoms with Crippen LogP contribution in [-0.4, -0.2) is 23.2 Å². The van der Waals surface area contributed by atoms with Crippen molar-refractivity contribution < 1.29 is 28.6 Å². The average molecular weight is 606 g/mol. The van der Waals surface area contributed by atoms with Gasteiger partial charge in [-0.15, -0.1) is 0 Å². The van der Waals surface area contributed by atoms with Crippen molar-refractivity contribution in [2.75, 3.05) is 16.4 Å². The van der Waals surface area contributed by atoms with Gasteiger partial charge in [0, 0.05) is 16.2 Å². The lowest BCUT2D eigenvalue weighted by atomic mass is 10.0. The van der Waals surface area contributed by atoms with Crippen molar-refractivity contribution in [3.8, 4) is 11.5 Å². The zero-order valence-corrected chi connectivity index (χ0v) is 22.5. The number of nitrogens with one attached hydrogen (secondary N) is 2. The van der Waals surface area contributed by atoms with Crippen LogP contribution in [0.3, 0.4) is 0 Å². The number of carbonyl (C=O) groups excluding carboxylic acids is 2. The summed E-state index contributed by atoms with van der Waals surface area (Å²) in [4.78, 5) is 25.7. The van der Waals surface area contributed by atoms with Gasteiger partial charge >= 0.3 is 6.09 Å². The number of ether oxygens (including phenoxy) is 2. The van der Waals surface area contributed by atoms with E-state index in [1.165, 1.54) is 18.2 Å². The van der Waals surface area contributed by atoms with Gasteiger partial charge in [-0.3, -0.25) is 10.1 Å². The molecule has 4 aromatic carbocycles. The van der Waals surface area contributed by atoms with Gasteiger partial charge in [0.15, 0.2) is 23.8 Å². The molecule has 40 heavy (non-hydrogen) atoms. The fourth-order valence-corrected chi connectivity index (χ4v) is 3.91. The highest BCUT2D eigenvalue weighted by Gasteiger charge is 2.29. The maximum atomic E-state index is 14.4. The molecule has 0 saturated heterocycles. The molecule has 0 aliphatic heterocycles. The number of phenolic OH excluding ortho intramolecular Hbond substituents is 1. The van der Waals surface area contributed by atoms with Gasteiger partial charge < -0.3 is 25.6 Å². The third kappa shape index (κ3) is 7.84. The van der Waals surface area contributed by atoms with E-state index < -0.39 is 35.8 Å². The lowest BCUT2D eigenvalue weighted by molar-refractivity contribution is -0.112. The number of aromatic hydroxyl groups is 1. The van der Waals surface area contributed by atoms with Crippen molar-refractivity contribution in [3.63, 3.8) is 0 Å². The van der Waals surface area contributed by atoms with Crippen LogP contribution in [-0.2, 0) is 9.53 Å². The largest absolute Gasteiger partial charge is 0.505 e. The Morgan fingerprint density at radius 2 is 1.62 bits per heavy atom. The molecule has 0 aliphatic rings. The molecule has 0 bridgehead atoms. The predicted molar refractivity (Wildman–Crippen MR) is 155 cm³/mol. The molecular weight excluding hydrogens is 581 g/mol. The number of anilines is 3. The average Bonchev–Trinajstić information content (AvgIpc) is 2.94. The van der Waals surface area contributed by atoms with E-state index >= 15 is 0 Å². The zero-order valence-electron chi connectivity index (χ0n) is 21.0. The molecule has 0 unspecified atom stereocenters. The normalized spacial score (nSPS) is 12.3. The summed E-state index contributed by atoms with van der Waals surface area (Å²) < 4.78 is 27.1. The molecule has 8 nitrogen and oxygen atoms in total. The first-order valence-electron chi connectivity index (χ1n) is 12.1. The molecular formula is C30H25BrFN3O5. The fourth-order valence-electron chi connectivity index (χ4n) is 3.65. The first-order chi connectivity index (χ1) is 19.3. The van der Waals surface area contributed by atoms with Gasteiger partial charge in [-0.25, -0.2) is 9.18 Å². The van der Waals surface area contributed by atoms with E-state index in [-0.39, 0.29) is 5.56 Å². The van der Waals surface area contributed by atoms with Gasteiger partial charge in [0.25, 0.3) is 0 Å². The molecule has 0 aromatic heterocycles. The second-order valence-corrected chi connectivity index (χ2v) is 9.42. The first kappa shape index (κ1) is 28.2. The van der Waals surface area contributed by atoms with E-state index in [0.29, 0.717) is 22.8 Å². The van der Waals surface area contributed by atoms with Gasteiger partial charge in [-0.1, -0.05) is 52.3 Å². The third-order valence-corrected chi connectivity index (χ3v) is 6.12. The minimum atomic E-state index is -1.24. The number of phenols is 1. The van der Waals surface area contributed by atoms with Crippen LogP contribution in [0.1, 0.15) is 11.7 Å². The Morgan fingerprint density at radius 1 is 0.925 bits per heavy atom. The smallest absolute Gasteiger partial charge is 0.412 e. The van der Waals surface area contributed by atoms with Crippen LogP contribution in [0.4, 0.5) is 26.2 Å². The Hall–Kier alpha value is -4.83. The van der Waals surface area contributed by atoms with Gasteiger partial charge in [-0.2, -0.15) is 0 Å². The maximum Gasteiger partial charge on any atom is 0.412 e. The minimum Gasteiger partial charge on any atom is -0.505 e. The number of nitrogen functional groups attached to an aromatic ring is 1. The molecule has 10 heteroatoms. The van der Waals surface area contributed by atoms with Crippen LogP contribution in [0.2, 0.25) is 0 Å². The van der Waals surface area contributed by atoms with Crippen molar-refractivity contribution in [1.29, 1.82) is 0 Å². The molecule has 4 rings (SSSR count). The lowest BCUT2D eigenvalue weighted by Crippen LogP contribution is -2.30. The van der Waals surface area contributed by atoms with E-state index in [1.54, 1.807) is 78.9 Å². The van der Waals surface area contributed by atoms with Crippen molar-refractivity contribution in [1.82, 2.24) is 0 Å². The molecule has 2 atom stereocenters. The number of para-hydroxylation sites is 3. The first-order valence-corrected chi connectivity index (χ1v) is 12.8. The summed E-state index contributed by atoms with van der Waals surface area (Å²) in [6, 6.07) is 25.8. The molecule has 204 valence electrons. The van der Waals surface area contributed by atoms with Gasteiger partial charge in [-0.05, 0) is 72.3 Å². The molecule has 0 heterocycles. The van der Waals surface area contributed by atoms with E-state index in [4.69, 9.17) is 15.2 Å². The number of hydrogen-bond donors (Lipinski definition) is 4. The summed E-state index contributed by atoms with van der Waals surface area (Å²) in [5.41, 5.74) is 7.35. The fraction of sp³-hybridized carbons (Fsp3) is 0.0667. The summed E-state index contributed by atoms with van der Waals surface area (Å²) in [5.74, 6) is -1.60. The number of halogens is 2. The SMILES string of the molecule is Nc1ccccc1NC(=O)/C=C/[C@@H](Oc1ccccc1)[C@H](OC(=O)Nc1ccc(Br)cc1)c1ccc(O)c(F)c1. The number of benzene rings is 4. The summed E-state index contributed by atoms with van der Waals surface area (Å²) >= 11 is 3.34. The van der Waals surface area contributed by atoms with Gasteiger partial charge in [0.05, 0.1) is 11.4 Å². The van der Waals surface area contributed by atoms with E-state index in [2.05, 4.69) is 26.6 Å². The van der Waals surface area contributed by atoms with Gasteiger partial charge in [0.1, 0.15) is 5.75 Å². The van der Waals surface area contributed by atoms with Crippen LogP contribution < -0.4 is 21.1 Å². The van der Waals surface area contributed by atoms with Crippen molar-refractivity contribution in [3.05, 3.63) is 125 Å². The lowest BCUT2D eigenvalue weighted by Gasteiger charge is -2.26. The highest BCUT2D eigenvalue weighted by Crippen LogP contribution is 2.30. The molecule has 0 radical (unpaired) electrons. The topological polar surface area (TPSA) is 123 Å². The van der Waals surface area contributed by atoms with Gasteiger partial charge in [0.2, 0.25) is 5.91 Å². The van der Waals surface area contributed by atoms with Crippen LogP contribution in [0.25, 0.3) is 0 Å².